The number of hydrogen-bond donors (Lipinski definition) is 0. The van der Waals surface area contributed by atoms with Gasteiger partial charge in [-0.25, -0.2) is 0 Å². The Balaban J connectivity index is 2.18. The van der Waals surface area contributed by atoms with Crippen LogP contribution >= 0.6 is 23.2 Å². The zero-order valence-corrected chi connectivity index (χ0v) is 12.4. The summed E-state index contributed by atoms with van der Waals surface area (Å²) < 4.78 is 6.46. The maximum atomic E-state index is 11.8. The lowest BCUT2D eigenvalue weighted by Gasteiger charge is -2.06. The van der Waals surface area contributed by atoms with Crippen molar-refractivity contribution in [1.29, 1.82) is 0 Å². The molecule has 1 aromatic heterocycles. The van der Waals surface area contributed by atoms with Crippen LogP contribution in [0.2, 0.25) is 10.0 Å². The van der Waals surface area contributed by atoms with Crippen LogP contribution in [0.1, 0.15) is 13.3 Å². The molecule has 4 nitrogen and oxygen atoms in total. The molecule has 2 rings (SSSR count). The fourth-order valence-electron chi connectivity index (χ4n) is 1.98. The van der Waals surface area contributed by atoms with Crippen molar-refractivity contribution in [1.82, 2.24) is 4.57 Å². The number of hydrogen-bond acceptors (Lipinski definition) is 3. The number of carbonyl (C=O) groups is 2. The van der Waals surface area contributed by atoms with Gasteiger partial charge < -0.3 is 9.30 Å². The first-order valence-electron chi connectivity index (χ1n) is 6.12. The minimum Gasteiger partial charge on any atom is -0.466 e. The van der Waals surface area contributed by atoms with E-state index in [2.05, 4.69) is 0 Å². The fourth-order valence-corrected chi connectivity index (χ4v) is 2.52. The number of ketones is 1. The second-order valence-corrected chi connectivity index (χ2v) is 5.13. The maximum absolute atomic E-state index is 11.8. The Kier molecular flexibility index (Phi) is 4.68. The predicted molar refractivity (Wildman–Crippen MR) is 78.2 cm³/mol. The van der Waals surface area contributed by atoms with Crippen molar-refractivity contribution in [2.24, 2.45) is 0 Å². The van der Waals surface area contributed by atoms with E-state index in [1.54, 1.807) is 29.8 Å². The van der Waals surface area contributed by atoms with Crippen LogP contribution in [-0.2, 0) is 20.9 Å². The summed E-state index contributed by atoms with van der Waals surface area (Å²) in [5.74, 6) is -0.734. The molecule has 0 bridgehead atoms. The lowest BCUT2D eigenvalue weighted by Crippen LogP contribution is -2.15. The molecule has 0 atom stereocenters. The Hall–Kier alpha value is -1.52. The van der Waals surface area contributed by atoms with Crippen molar-refractivity contribution in [3.8, 4) is 0 Å². The van der Waals surface area contributed by atoms with Crippen molar-refractivity contribution in [2.45, 2.75) is 19.9 Å². The van der Waals surface area contributed by atoms with Crippen molar-refractivity contribution in [2.75, 3.05) is 6.61 Å². The molecule has 1 aromatic carbocycles. The average Bonchev–Trinajstić information content (AvgIpc) is 2.72. The number of benzene rings is 1. The van der Waals surface area contributed by atoms with E-state index in [0.717, 1.165) is 10.9 Å². The highest BCUT2D eigenvalue weighted by Gasteiger charge is 2.13. The van der Waals surface area contributed by atoms with E-state index in [1.165, 1.54) is 0 Å². The highest BCUT2D eigenvalue weighted by Crippen LogP contribution is 2.28. The lowest BCUT2D eigenvalue weighted by atomic mass is 10.2. The molecule has 20 heavy (non-hydrogen) atoms. The maximum Gasteiger partial charge on any atom is 0.313 e. The van der Waals surface area contributed by atoms with E-state index in [9.17, 15) is 9.59 Å². The van der Waals surface area contributed by atoms with Crippen molar-refractivity contribution >= 4 is 45.9 Å². The van der Waals surface area contributed by atoms with Gasteiger partial charge in [-0.15, -0.1) is 0 Å². The van der Waals surface area contributed by atoms with Gasteiger partial charge in [0.25, 0.3) is 0 Å². The molecule has 0 aliphatic heterocycles. The molecule has 0 aliphatic rings. The quantitative estimate of drug-likeness (QED) is 0.627. The molecule has 0 radical (unpaired) electrons. The molecule has 6 heteroatoms. The molecule has 106 valence electrons. The second-order valence-electron chi connectivity index (χ2n) is 4.28. The third-order valence-corrected chi connectivity index (χ3v) is 3.33. The van der Waals surface area contributed by atoms with Crippen LogP contribution in [0.5, 0.6) is 0 Å². The highest BCUT2D eigenvalue weighted by atomic mass is 35.5. The molecule has 0 amide bonds. The number of carbonyl (C=O) groups excluding carboxylic acids is 2. The van der Waals surface area contributed by atoms with Gasteiger partial charge in [-0.2, -0.15) is 0 Å². The molecule has 2 aromatic rings. The zero-order chi connectivity index (χ0) is 14.7. The van der Waals surface area contributed by atoms with Crippen LogP contribution in [0.15, 0.2) is 24.4 Å². The van der Waals surface area contributed by atoms with Crippen molar-refractivity contribution in [3.05, 3.63) is 34.4 Å². The summed E-state index contributed by atoms with van der Waals surface area (Å²) in [5, 5.41) is 1.85. The van der Waals surface area contributed by atoms with E-state index >= 15 is 0 Å². The first-order chi connectivity index (χ1) is 9.51. The minimum absolute atomic E-state index is 0.0823. The van der Waals surface area contributed by atoms with Crippen molar-refractivity contribution < 1.29 is 14.3 Å². The van der Waals surface area contributed by atoms with Gasteiger partial charge in [0.15, 0.2) is 5.78 Å². The van der Waals surface area contributed by atoms with E-state index in [0.29, 0.717) is 10.0 Å². The number of ether oxygens (including phenoxy) is 1. The van der Waals surface area contributed by atoms with Gasteiger partial charge in [0.1, 0.15) is 6.42 Å². The van der Waals surface area contributed by atoms with Crippen LogP contribution in [0.25, 0.3) is 10.9 Å². The Morgan fingerprint density at radius 2 is 2.05 bits per heavy atom. The summed E-state index contributed by atoms with van der Waals surface area (Å²) in [6.45, 7) is 2.05. The van der Waals surface area contributed by atoms with Crippen LogP contribution in [0, 0.1) is 0 Å². The van der Waals surface area contributed by atoms with E-state index < -0.39 is 5.97 Å². The summed E-state index contributed by atoms with van der Waals surface area (Å²) in [6, 6.07) is 5.20. The number of halogens is 2. The summed E-state index contributed by atoms with van der Waals surface area (Å²) >= 11 is 12.0. The highest BCUT2D eigenvalue weighted by molar-refractivity contribution is 6.38. The third-order valence-electron chi connectivity index (χ3n) is 2.80. The largest absolute Gasteiger partial charge is 0.466 e. The van der Waals surface area contributed by atoms with Crippen molar-refractivity contribution in [3.63, 3.8) is 0 Å². The molecule has 0 saturated heterocycles. The molecule has 0 fully saturated rings. The number of fused-ring (bicyclic) bond motifs is 1. The molecule has 0 spiro atoms. The zero-order valence-electron chi connectivity index (χ0n) is 10.9. The van der Waals surface area contributed by atoms with Crippen LogP contribution in [0.3, 0.4) is 0 Å². The molecular formula is C14H13Cl2NO3. The Labute approximate surface area is 126 Å². The van der Waals surface area contributed by atoms with Gasteiger partial charge in [-0.1, -0.05) is 23.2 Å². The summed E-state index contributed by atoms with van der Waals surface area (Å²) in [5.41, 5.74) is 0.764. The monoisotopic (exact) mass is 313 g/mol. The fraction of sp³-hybridized carbons (Fsp3) is 0.286. The molecule has 1 heterocycles. The van der Waals surface area contributed by atoms with Gasteiger partial charge in [0.2, 0.25) is 0 Å². The normalized spacial score (nSPS) is 10.8. The van der Waals surface area contributed by atoms with Gasteiger partial charge in [-0.3, -0.25) is 9.59 Å². The van der Waals surface area contributed by atoms with E-state index in [4.69, 9.17) is 27.9 Å². The van der Waals surface area contributed by atoms with Gasteiger partial charge in [0.05, 0.1) is 23.7 Å². The first-order valence-corrected chi connectivity index (χ1v) is 6.88. The summed E-state index contributed by atoms with van der Waals surface area (Å²) in [7, 11) is 0. The van der Waals surface area contributed by atoms with Crippen LogP contribution in [-0.4, -0.2) is 22.9 Å². The first kappa shape index (κ1) is 14.9. The number of rotatable bonds is 5. The number of Topliss-reactive ketones (excluding diaryl/α,β-unsaturated/α-hetero) is 1. The Morgan fingerprint density at radius 3 is 2.75 bits per heavy atom. The van der Waals surface area contributed by atoms with Crippen LogP contribution in [0.4, 0.5) is 0 Å². The van der Waals surface area contributed by atoms with E-state index in [-0.39, 0.29) is 25.4 Å². The Bertz CT molecular complexity index is 664. The standard InChI is InChI=1S/C14H13Cl2NO3/c1-2-20-14(19)7-10(18)8-17-4-3-11-12(16)5-9(15)6-13(11)17/h3-6H,2,7-8H2,1H3. The number of nitrogens with zero attached hydrogens (tertiary/aromatic N) is 1. The third kappa shape index (κ3) is 3.32. The van der Waals surface area contributed by atoms with Gasteiger partial charge in [0, 0.05) is 16.6 Å². The summed E-state index contributed by atoms with van der Waals surface area (Å²) in [6.07, 6.45) is 1.51. The second kappa shape index (κ2) is 6.29. The van der Waals surface area contributed by atoms with Gasteiger partial charge >= 0.3 is 5.97 Å². The lowest BCUT2D eigenvalue weighted by molar-refractivity contribution is -0.145. The van der Waals surface area contributed by atoms with Crippen LogP contribution < -0.4 is 0 Å². The molecule has 0 aliphatic carbocycles. The number of esters is 1. The predicted octanol–water partition coefficient (Wildman–Crippen LogP) is 3.47. The van der Waals surface area contributed by atoms with E-state index in [1.807, 2.05) is 6.07 Å². The molecule has 0 unspecified atom stereocenters. The minimum atomic E-state index is -0.509. The average molecular weight is 314 g/mol. The number of aromatic nitrogens is 1. The smallest absolute Gasteiger partial charge is 0.313 e. The van der Waals surface area contributed by atoms with Gasteiger partial charge in [-0.05, 0) is 25.1 Å². The SMILES string of the molecule is CCOC(=O)CC(=O)Cn1ccc2c(Cl)cc(Cl)cc21. The molecule has 0 N–H and O–H groups in total. The summed E-state index contributed by atoms with van der Waals surface area (Å²) in [4.78, 5) is 23.1. The molecular weight excluding hydrogens is 301 g/mol. The molecule has 0 saturated carbocycles. The topological polar surface area (TPSA) is 48.3 Å². The Morgan fingerprint density at radius 1 is 1.30 bits per heavy atom.